The number of hydrogen-bond donors (Lipinski definition) is 1. The first kappa shape index (κ1) is 24.0. The minimum atomic E-state index is -4.60. The molecule has 6 nitrogen and oxygen atoms in total. The van der Waals surface area contributed by atoms with Crippen LogP contribution in [0.25, 0.3) is 0 Å². The number of sulfone groups is 1. The quantitative estimate of drug-likeness (QED) is 0.523. The van der Waals surface area contributed by atoms with Gasteiger partial charge in [-0.3, -0.25) is 4.79 Å². The first-order valence-corrected chi connectivity index (χ1v) is 11.4. The fraction of sp³-hybridized carbons (Fsp3) is 0.130. The van der Waals surface area contributed by atoms with Crippen LogP contribution in [-0.4, -0.2) is 26.6 Å². The van der Waals surface area contributed by atoms with Crippen LogP contribution in [0.15, 0.2) is 83.8 Å². The van der Waals surface area contributed by atoms with Gasteiger partial charge in [0.25, 0.3) is 5.91 Å². The average Bonchev–Trinajstić information content (AvgIpc) is 2.77. The zero-order chi connectivity index (χ0) is 24.2. The van der Waals surface area contributed by atoms with Crippen LogP contribution in [0.1, 0.15) is 27.6 Å². The van der Waals surface area contributed by atoms with E-state index in [-0.39, 0.29) is 21.7 Å². The first-order valence-electron chi connectivity index (χ1n) is 9.49. The van der Waals surface area contributed by atoms with Crippen LogP contribution in [-0.2, 0) is 25.5 Å². The van der Waals surface area contributed by atoms with Crippen LogP contribution < -0.4 is 5.32 Å². The highest BCUT2D eigenvalue weighted by Crippen LogP contribution is 2.31. The number of benzene rings is 3. The van der Waals surface area contributed by atoms with E-state index in [0.29, 0.717) is 0 Å². The van der Waals surface area contributed by atoms with E-state index in [1.807, 2.05) is 0 Å². The van der Waals surface area contributed by atoms with Gasteiger partial charge >= 0.3 is 12.1 Å². The molecular weight excluding hydrogens is 459 g/mol. The van der Waals surface area contributed by atoms with E-state index >= 15 is 0 Å². The summed E-state index contributed by atoms with van der Waals surface area (Å²) in [6.07, 6.45) is -5.13. The van der Waals surface area contributed by atoms with Crippen molar-refractivity contribution < 1.29 is 35.9 Å². The van der Waals surface area contributed by atoms with E-state index in [1.54, 1.807) is 18.2 Å². The first-order chi connectivity index (χ1) is 15.4. The molecule has 0 spiro atoms. The van der Waals surface area contributed by atoms with Crippen LogP contribution in [0.5, 0.6) is 0 Å². The monoisotopic (exact) mass is 477 g/mol. The van der Waals surface area contributed by atoms with Gasteiger partial charge in [0.05, 0.1) is 16.0 Å². The predicted octanol–water partition coefficient (Wildman–Crippen LogP) is 4.65. The molecule has 1 atom stereocenters. The SMILES string of the molecule is CS(=O)(=O)c1cccc(C(=O)O[C@H](C(=O)Nc2cccc(C(F)(F)F)c2)c2ccccc2)c1. The molecule has 0 aliphatic rings. The van der Waals surface area contributed by atoms with E-state index in [2.05, 4.69) is 5.32 Å². The van der Waals surface area contributed by atoms with E-state index in [9.17, 15) is 31.2 Å². The van der Waals surface area contributed by atoms with Crippen molar-refractivity contribution in [2.75, 3.05) is 11.6 Å². The summed E-state index contributed by atoms with van der Waals surface area (Å²) in [6, 6.07) is 17.0. The van der Waals surface area contributed by atoms with Crippen molar-refractivity contribution in [1.29, 1.82) is 0 Å². The fourth-order valence-electron chi connectivity index (χ4n) is 2.91. The van der Waals surface area contributed by atoms with Crippen molar-refractivity contribution in [1.82, 2.24) is 0 Å². The minimum absolute atomic E-state index is 0.106. The number of anilines is 1. The molecule has 0 saturated heterocycles. The molecule has 0 heterocycles. The maximum Gasteiger partial charge on any atom is 0.416 e. The van der Waals surface area contributed by atoms with Gasteiger partial charge in [0, 0.05) is 17.5 Å². The summed E-state index contributed by atoms with van der Waals surface area (Å²) in [5.74, 6) is -1.86. The van der Waals surface area contributed by atoms with Crippen LogP contribution >= 0.6 is 0 Å². The Morgan fingerprint density at radius 1 is 0.909 bits per heavy atom. The van der Waals surface area contributed by atoms with Crippen molar-refractivity contribution in [3.05, 3.63) is 95.6 Å². The molecule has 0 unspecified atom stereocenters. The van der Waals surface area contributed by atoms with Gasteiger partial charge in [-0.1, -0.05) is 42.5 Å². The highest BCUT2D eigenvalue weighted by molar-refractivity contribution is 7.90. The molecule has 1 amide bonds. The Hall–Kier alpha value is -3.66. The molecule has 33 heavy (non-hydrogen) atoms. The van der Waals surface area contributed by atoms with Gasteiger partial charge in [-0.25, -0.2) is 13.2 Å². The Morgan fingerprint density at radius 3 is 2.21 bits per heavy atom. The summed E-state index contributed by atoms with van der Waals surface area (Å²) < 4.78 is 67.8. The topological polar surface area (TPSA) is 89.5 Å². The van der Waals surface area contributed by atoms with Crippen molar-refractivity contribution in [2.45, 2.75) is 17.2 Å². The van der Waals surface area contributed by atoms with Crippen LogP contribution in [0.2, 0.25) is 0 Å². The molecule has 0 aliphatic heterocycles. The van der Waals surface area contributed by atoms with Crippen molar-refractivity contribution in [3.8, 4) is 0 Å². The number of rotatable bonds is 6. The number of nitrogens with one attached hydrogen (secondary N) is 1. The van der Waals surface area contributed by atoms with E-state index < -0.39 is 39.6 Å². The van der Waals surface area contributed by atoms with Crippen molar-refractivity contribution in [3.63, 3.8) is 0 Å². The summed E-state index contributed by atoms with van der Waals surface area (Å²) in [6.45, 7) is 0. The second kappa shape index (κ2) is 9.45. The Morgan fingerprint density at radius 2 is 1.58 bits per heavy atom. The molecule has 10 heteroatoms. The van der Waals surface area contributed by atoms with E-state index in [0.717, 1.165) is 30.5 Å². The lowest BCUT2D eigenvalue weighted by Crippen LogP contribution is -2.26. The molecule has 3 aromatic carbocycles. The predicted molar refractivity (Wildman–Crippen MR) is 114 cm³/mol. The number of ether oxygens (including phenoxy) is 1. The lowest BCUT2D eigenvalue weighted by atomic mass is 10.1. The van der Waals surface area contributed by atoms with Gasteiger partial charge in [0.2, 0.25) is 6.10 Å². The number of carbonyl (C=O) groups excluding carboxylic acids is 2. The van der Waals surface area contributed by atoms with Gasteiger partial charge in [-0.2, -0.15) is 13.2 Å². The number of halogens is 3. The summed E-state index contributed by atoms with van der Waals surface area (Å²) in [5.41, 5.74) is -0.919. The lowest BCUT2D eigenvalue weighted by Gasteiger charge is -2.19. The van der Waals surface area contributed by atoms with Crippen LogP contribution in [0, 0.1) is 0 Å². The standard InChI is InChI=1S/C23H18F3NO5S/c1-33(30,31)19-12-5-9-16(13-19)22(29)32-20(15-7-3-2-4-8-15)21(28)27-18-11-6-10-17(14-18)23(24,25)26/h2-14,20H,1H3,(H,27,28)/t20-/m0/s1. The molecule has 0 aliphatic carbocycles. The summed E-state index contributed by atoms with van der Waals surface area (Å²) >= 11 is 0. The minimum Gasteiger partial charge on any atom is -0.444 e. The Balaban J connectivity index is 1.89. The number of esters is 1. The second-order valence-corrected chi connectivity index (χ2v) is 9.08. The zero-order valence-electron chi connectivity index (χ0n) is 17.2. The second-order valence-electron chi connectivity index (χ2n) is 7.06. The van der Waals surface area contributed by atoms with Crippen molar-refractivity contribution in [2.24, 2.45) is 0 Å². The summed E-state index contributed by atoms with van der Waals surface area (Å²) in [7, 11) is -3.59. The van der Waals surface area contributed by atoms with Gasteiger partial charge in [-0.05, 0) is 36.4 Å². The van der Waals surface area contributed by atoms with Gasteiger partial charge in [0.1, 0.15) is 0 Å². The van der Waals surface area contributed by atoms with Crippen molar-refractivity contribution >= 4 is 27.4 Å². The number of amides is 1. The summed E-state index contributed by atoms with van der Waals surface area (Å²) in [4.78, 5) is 25.5. The van der Waals surface area contributed by atoms with Crippen LogP contribution in [0.3, 0.4) is 0 Å². The molecule has 3 rings (SSSR count). The molecule has 0 saturated carbocycles. The van der Waals surface area contributed by atoms with E-state index in [1.165, 1.54) is 36.4 Å². The highest BCUT2D eigenvalue weighted by atomic mass is 32.2. The number of carbonyl (C=O) groups is 2. The molecule has 1 N–H and O–H groups in total. The maximum absolute atomic E-state index is 13.0. The smallest absolute Gasteiger partial charge is 0.416 e. The maximum atomic E-state index is 13.0. The molecule has 0 fully saturated rings. The molecule has 172 valence electrons. The molecule has 0 radical (unpaired) electrons. The Kier molecular flexibility index (Phi) is 6.87. The fourth-order valence-corrected chi connectivity index (χ4v) is 3.58. The Labute approximate surface area is 187 Å². The average molecular weight is 477 g/mol. The zero-order valence-corrected chi connectivity index (χ0v) is 18.0. The number of hydrogen-bond acceptors (Lipinski definition) is 5. The third kappa shape index (κ3) is 6.19. The molecule has 0 aromatic heterocycles. The molecular formula is C23H18F3NO5S. The van der Waals surface area contributed by atoms with Gasteiger partial charge in [-0.15, -0.1) is 0 Å². The van der Waals surface area contributed by atoms with Crippen LogP contribution in [0.4, 0.5) is 18.9 Å². The van der Waals surface area contributed by atoms with Gasteiger partial charge in [0.15, 0.2) is 9.84 Å². The normalized spacial score (nSPS) is 12.6. The third-order valence-corrected chi connectivity index (χ3v) is 5.63. The highest BCUT2D eigenvalue weighted by Gasteiger charge is 2.31. The molecule has 0 bridgehead atoms. The Bertz CT molecular complexity index is 1270. The molecule has 3 aromatic rings. The third-order valence-electron chi connectivity index (χ3n) is 4.52. The van der Waals surface area contributed by atoms with E-state index in [4.69, 9.17) is 4.74 Å². The summed E-state index contributed by atoms with van der Waals surface area (Å²) in [5, 5.41) is 2.33. The number of alkyl halides is 3. The largest absolute Gasteiger partial charge is 0.444 e. The lowest BCUT2D eigenvalue weighted by molar-refractivity contribution is -0.137. The van der Waals surface area contributed by atoms with Gasteiger partial charge < -0.3 is 10.1 Å².